The van der Waals surface area contributed by atoms with E-state index in [2.05, 4.69) is 21.0 Å². The number of nitrogens with one attached hydrogen (secondary N) is 3. The average molecular weight is 265 g/mol. The van der Waals surface area contributed by atoms with Crippen molar-refractivity contribution in [3.8, 4) is 0 Å². The molecule has 1 saturated heterocycles. The van der Waals surface area contributed by atoms with Crippen LogP contribution in [0, 0.1) is 6.92 Å². The number of aryl methyl sites for hydroxylation is 1. The number of rotatable bonds is 3. The monoisotopic (exact) mass is 265 g/mol. The first kappa shape index (κ1) is 13.5. The van der Waals surface area contributed by atoms with Crippen molar-refractivity contribution in [1.29, 1.82) is 0 Å². The highest BCUT2D eigenvalue weighted by molar-refractivity contribution is 5.89. The molecule has 1 aliphatic rings. The summed E-state index contributed by atoms with van der Waals surface area (Å²) in [5.41, 5.74) is 0.778. The number of amides is 2. The predicted molar refractivity (Wildman–Crippen MR) is 70.3 cm³/mol. The number of carbonyl (C=O) groups excluding carboxylic acids is 2. The normalized spacial score (nSPS) is 23.0. The van der Waals surface area contributed by atoms with Crippen molar-refractivity contribution in [2.75, 3.05) is 5.32 Å². The van der Waals surface area contributed by atoms with E-state index in [0.29, 0.717) is 18.7 Å². The number of hydrogen-bond donors (Lipinski definition) is 3. The van der Waals surface area contributed by atoms with Gasteiger partial charge in [-0.25, -0.2) is 4.68 Å². The Kier molecular flexibility index (Phi) is 3.84. The molecule has 1 fully saturated rings. The van der Waals surface area contributed by atoms with Crippen LogP contribution in [0.5, 0.6) is 0 Å². The molecular formula is C12H19N5O2. The lowest BCUT2D eigenvalue weighted by atomic mass is 10.2. The molecule has 2 atom stereocenters. The van der Waals surface area contributed by atoms with Gasteiger partial charge in [-0.05, 0) is 13.8 Å². The van der Waals surface area contributed by atoms with Crippen molar-refractivity contribution in [2.24, 2.45) is 0 Å². The fourth-order valence-corrected chi connectivity index (χ4v) is 2.03. The molecule has 0 bridgehead atoms. The highest BCUT2D eigenvalue weighted by Crippen LogP contribution is 2.17. The van der Waals surface area contributed by atoms with E-state index in [4.69, 9.17) is 0 Å². The fourth-order valence-electron chi connectivity index (χ4n) is 2.03. The third kappa shape index (κ3) is 3.11. The van der Waals surface area contributed by atoms with Gasteiger partial charge >= 0.3 is 0 Å². The van der Waals surface area contributed by atoms with Crippen LogP contribution >= 0.6 is 0 Å². The van der Waals surface area contributed by atoms with Gasteiger partial charge in [0.1, 0.15) is 5.82 Å². The zero-order valence-corrected chi connectivity index (χ0v) is 11.4. The first-order valence-electron chi connectivity index (χ1n) is 6.41. The third-order valence-corrected chi connectivity index (χ3v) is 2.92. The van der Waals surface area contributed by atoms with Gasteiger partial charge in [0.25, 0.3) is 0 Å². The molecular weight excluding hydrogens is 246 g/mol. The fraction of sp³-hybridized carbons (Fsp3) is 0.583. The largest absolute Gasteiger partial charge is 0.322 e. The maximum absolute atomic E-state index is 11.6. The van der Waals surface area contributed by atoms with Crippen LogP contribution in [0.1, 0.15) is 38.7 Å². The molecule has 1 aromatic rings. The van der Waals surface area contributed by atoms with Crippen molar-refractivity contribution < 1.29 is 9.59 Å². The summed E-state index contributed by atoms with van der Waals surface area (Å²) in [6.45, 7) is 5.56. The Morgan fingerprint density at radius 3 is 3.00 bits per heavy atom. The van der Waals surface area contributed by atoms with Gasteiger partial charge in [0.2, 0.25) is 11.8 Å². The molecule has 0 spiro atoms. The minimum absolute atomic E-state index is 0.0304. The Bertz CT molecular complexity index is 496. The molecule has 0 aromatic carbocycles. The minimum atomic E-state index is -0.433. The Balaban J connectivity index is 2.23. The van der Waals surface area contributed by atoms with Gasteiger partial charge in [-0.1, -0.05) is 6.92 Å². The van der Waals surface area contributed by atoms with E-state index in [1.807, 2.05) is 13.8 Å². The molecule has 7 heteroatoms. The Morgan fingerprint density at radius 1 is 1.63 bits per heavy atom. The Morgan fingerprint density at radius 2 is 2.37 bits per heavy atom. The zero-order valence-electron chi connectivity index (χ0n) is 11.4. The second kappa shape index (κ2) is 5.40. The van der Waals surface area contributed by atoms with E-state index in [-0.39, 0.29) is 17.9 Å². The summed E-state index contributed by atoms with van der Waals surface area (Å²) in [5.74, 6) is 0.463. The molecule has 0 radical (unpaired) electrons. The Hall–Kier alpha value is -1.89. The van der Waals surface area contributed by atoms with Crippen molar-refractivity contribution in [3.63, 3.8) is 0 Å². The first-order valence-corrected chi connectivity index (χ1v) is 6.41. The number of nitrogens with zero attached hydrogens (tertiary/aromatic N) is 2. The van der Waals surface area contributed by atoms with Crippen molar-refractivity contribution >= 4 is 17.6 Å². The number of carbonyl (C=O) groups is 2. The van der Waals surface area contributed by atoms with Crippen LogP contribution in [0.15, 0.2) is 6.07 Å². The predicted octanol–water partition coefficient (Wildman–Crippen LogP) is 0.494. The van der Waals surface area contributed by atoms with Crippen LogP contribution in [0.3, 0.4) is 0 Å². The number of aromatic nitrogens is 2. The van der Waals surface area contributed by atoms with Crippen molar-refractivity contribution in [2.45, 2.75) is 45.9 Å². The first-order chi connectivity index (χ1) is 8.99. The molecule has 7 nitrogen and oxygen atoms in total. The second-order valence-corrected chi connectivity index (χ2v) is 4.76. The zero-order chi connectivity index (χ0) is 14.0. The summed E-state index contributed by atoms with van der Waals surface area (Å²) in [4.78, 5) is 23.1. The van der Waals surface area contributed by atoms with E-state index in [1.165, 1.54) is 0 Å². The third-order valence-electron chi connectivity index (χ3n) is 2.92. The summed E-state index contributed by atoms with van der Waals surface area (Å²) in [7, 11) is 0. The van der Waals surface area contributed by atoms with Crippen molar-refractivity contribution in [3.05, 3.63) is 11.8 Å². The maximum Gasteiger partial charge on any atom is 0.225 e. The van der Waals surface area contributed by atoms with Gasteiger partial charge in [-0.3, -0.25) is 14.9 Å². The molecule has 1 aliphatic heterocycles. The van der Waals surface area contributed by atoms with Gasteiger partial charge in [-0.15, -0.1) is 0 Å². The molecule has 2 heterocycles. The summed E-state index contributed by atoms with van der Waals surface area (Å²) in [5, 5.41) is 13.1. The smallest absolute Gasteiger partial charge is 0.225 e. The molecule has 104 valence electrons. The molecule has 0 saturated carbocycles. The lowest BCUT2D eigenvalue weighted by Gasteiger charge is -2.30. The molecule has 19 heavy (non-hydrogen) atoms. The molecule has 0 aliphatic carbocycles. The van der Waals surface area contributed by atoms with Crippen LogP contribution < -0.4 is 16.0 Å². The SMILES string of the molecule is CCC(=O)Nc1cc(C)nn1C1NC(=O)CC(C)N1. The average Bonchev–Trinajstić information content (AvgIpc) is 2.68. The summed E-state index contributed by atoms with van der Waals surface area (Å²) < 4.78 is 1.59. The van der Waals surface area contributed by atoms with E-state index < -0.39 is 6.29 Å². The molecule has 1 aromatic heterocycles. The summed E-state index contributed by atoms with van der Waals surface area (Å²) >= 11 is 0. The Labute approximate surface area is 111 Å². The second-order valence-electron chi connectivity index (χ2n) is 4.76. The highest BCUT2D eigenvalue weighted by Gasteiger charge is 2.26. The van der Waals surface area contributed by atoms with E-state index >= 15 is 0 Å². The van der Waals surface area contributed by atoms with Crippen molar-refractivity contribution in [1.82, 2.24) is 20.4 Å². The van der Waals surface area contributed by atoms with Crippen LogP contribution in [0.2, 0.25) is 0 Å². The standard InChI is InChI=1S/C12H19N5O2/c1-4-10(18)14-9-5-8(3)16-17(9)12-13-7(2)6-11(19)15-12/h5,7,12-13H,4,6H2,1-3H3,(H,14,18)(H,15,19). The van der Waals surface area contributed by atoms with Crippen LogP contribution in [-0.2, 0) is 9.59 Å². The quantitative estimate of drug-likeness (QED) is 0.742. The van der Waals surface area contributed by atoms with Gasteiger partial charge in [0.05, 0.1) is 5.69 Å². The molecule has 2 rings (SSSR count). The van der Waals surface area contributed by atoms with E-state index in [0.717, 1.165) is 5.69 Å². The van der Waals surface area contributed by atoms with Gasteiger partial charge in [-0.2, -0.15) is 5.10 Å². The van der Waals surface area contributed by atoms with Crippen LogP contribution in [0.4, 0.5) is 5.82 Å². The molecule has 2 amide bonds. The lowest BCUT2D eigenvalue weighted by molar-refractivity contribution is -0.125. The van der Waals surface area contributed by atoms with Crippen LogP contribution in [0.25, 0.3) is 0 Å². The molecule has 2 unspecified atom stereocenters. The highest BCUT2D eigenvalue weighted by atomic mass is 16.2. The van der Waals surface area contributed by atoms with E-state index in [9.17, 15) is 9.59 Å². The van der Waals surface area contributed by atoms with E-state index in [1.54, 1.807) is 17.7 Å². The van der Waals surface area contributed by atoms with Crippen LogP contribution in [-0.4, -0.2) is 27.6 Å². The van der Waals surface area contributed by atoms with Gasteiger partial charge in [0, 0.05) is 24.9 Å². The topological polar surface area (TPSA) is 88.1 Å². The summed E-state index contributed by atoms with van der Waals surface area (Å²) in [6.07, 6.45) is 0.399. The van der Waals surface area contributed by atoms with Gasteiger partial charge in [0.15, 0.2) is 6.29 Å². The van der Waals surface area contributed by atoms with Gasteiger partial charge < -0.3 is 10.6 Å². The maximum atomic E-state index is 11.6. The lowest BCUT2D eigenvalue weighted by Crippen LogP contribution is -2.52. The number of anilines is 1. The number of hydrogen-bond acceptors (Lipinski definition) is 4. The minimum Gasteiger partial charge on any atom is -0.322 e. The summed E-state index contributed by atoms with van der Waals surface area (Å²) in [6, 6.07) is 1.85. The molecule has 3 N–H and O–H groups in total.